The topological polar surface area (TPSA) is 66.8 Å². The first kappa shape index (κ1) is 13.0. The van der Waals surface area contributed by atoms with Gasteiger partial charge in [-0.2, -0.15) is 0 Å². The second kappa shape index (κ2) is 5.30. The van der Waals surface area contributed by atoms with Gasteiger partial charge in [0, 0.05) is 18.5 Å². The average molecular weight is 229 g/mol. The number of aliphatic hydroxyl groups excluding tert-OH is 1. The molecule has 2 heterocycles. The van der Waals surface area contributed by atoms with Gasteiger partial charge in [0.05, 0.1) is 12.7 Å². The minimum Gasteiger partial charge on any atom is -0.468 e. The molecule has 92 valence electrons. The molecule has 2 rings (SSSR count). The first-order valence-corrected chi connectivity index (χ1v) is 5.57. The van der Waals surface area contributed by atoms with Crippen LogP contribution in [0.3, 0.4) is 0 Å². The lowest BCUT2D eigenvalue weighted by molar-refractivity contribution is -0.130. The molecule has 0 bridgehead atoms. The van der Waals surface area contributed by atoms with E-state index >= 15 is 0 Å². The number of carbonyl (C=O) groups excluding carboxylic acids is 2. The summed E-state index contributed by atoms with van der Waals surface area (Å²) in [6.07, 6.45) is 2.06. The molecule has 1 N–H and O–H groups in total. The summed E-state index contributed by atoms with van der Waals surface area (Å²) in [5, 5.41) is 9.32. The Balaban J connectivity index is 0.000000221. The van der Waals surface area contributed by atoms with E-state index < -0.39 is 0 Å². The van der Waals surface area contributed by atoms with Gasteiger partial charge >= 0.3 is 0 Å². The van der Waals surface area contributed by atoms with Gasteiger partial charge in [-0.1, -0.05) is 0 Å². The van der Waals surface area contributed by atoms with Crippen LogP contribution in [0.5, 0.6) is 0 Å². The third-order valence-corrected chi connectivity index (χ3v) is 3.13. The number of nitrogens with zero attached hydrogens (tertiary/aromatic N) is 1. The maximum absolute atomic E-state index is 11.2. The van der Waals surface area contributed by atoms with Crippen molar-refractivity contribution >= 4 is 12.4 Å². The number of fused-ring (bicyclic) bond motifs is 1. The fraction of sp³-hybridized carbons (Fsp3) is 0.818. The molecule has 0 aromatic rings. The van der Waals surface area contributed by atoms with Crippen LogP contribution in [0.1, 0.15) is 33.1 Å². The molecule has 2 fully saturated rings. The van der Waals surface area contributed by atoms with Gasteiger partial charge in [-0.25, -0.2) is 0 Å². The average Bonchev–Trinajstić information content (AvgIpc) is 2.65. The number of aliphatic hydroxyl groups is 1. The van der Waals surface area contributed by atoms with Crippen LogP contribution in [0.2, 0.25) is 0 Å². The van der Waals surface area contributed by atoms with Gasteiger partial charge in [0.2, 0.25) is 5.91 Å². The number of hydrogen-bond donors (Lipinski definition) is 1. The first-order valence-electron chi connectivity index (χ1n) is 5.57. The van der Waals surface area contributed by atoms with Crippen LogP contribution in [0.15, 0.2) is 0 Å². The minimum absolute atomic E-state index is 0.0174. The maximum Gasteiger partial charge on any atom is 0.293 e. The van der Waals surface area contributed by atoms with Gasteiger partial charge in [-0.15, -0.1) is 0 Å². The zero-order chi connectivity index (χ0) is 12.2. The second-order valence-corrected chi connectivity index (χ2v) is 4.41. The number of rotatable bonds is 2. The van der Waals surface area contributed by atoms with E-state index in [9.17, 15) is 14.7 Å². The summed E-state index contributed by atoms with van der Waals surface area (Å²) in [5.74, 6) is 0.212. The number of amides is 1. The SMILES string of the molecule is CC12CCC(=O)N1CC(O)C2.CCOC=O. The minimum atomic E-state index is -0.288. The molecular formula is C11H19NO4. The van der Waals surface area contributed by atoms with Crippen molar-refractivity contribution in [1.82, 2.24) is 4.90 Å². The lowest BCUT2D eigenvalue weighted by Crippen LogP contribution is -2.37. The van der Waals surface area contributed by atoms with Crippen molar-refractivity contribution in [2.45, 2.75) is 44.8 Å². The van der Waals surface area contributed by atoms with Crippen molar-refractivity contribution < 1.29 is 19.4 Å². The molecule has 0 aromatic heterocycles. The normalized spacial score (nSPS) is 31.8. The van der Waals surface area contributed by atoms with Crippen LogP contribution < -0.4 is 0 Å². The molecule has 0 saturated carbocycles. The quantitative estimate of drug-likeness (QED) is 0.692. The molecule has 1 amide bonds. The predicted molar refractivity (Wildman–Crippen MR) is 57.7 cm³/mol. The number of hydrogen-bond acceptors (Lipinski definition) is 4. The predicted octanol–water partition coefficient (Wildman–Crippen LogP) is 0.311. The fourth-order valence-electron chi connectivity index (χ4n) is 2.33. The largest absolute Gasteiger partial charge is 0.468 e. The molecule has 2 atom stereocenters. The Labute approximate surface area is 95.4 Å². The highest BCUT2D eigenvalue weighted by Gasteiger charge is 2.48. The zero-order valence-corrected chi connectivity index (χ0v) is 9.81. The monoisotopic (exact) mass is 229 g/mol. The fourth-order valence-corrected chi connectivity index (χ4v) is 2.33. The van der Waals surface area contributed by atoms with Gasteiger partial charge in [-0.3, -0.25) is 9.59 Å². The molecule has 0 radical (unpaired) electrons. The summed E-state index contributed by atoms with van der Waals surface area (Å²) in [5.41, 5.74) is -0.0174. The van der Waals surface area contributed by atoms with Gasteiger partial charge in [0.1, 0.15) is 0 Å². The van der Waals surface area contributed by atoms with Gasteiger partial charge < -0.3 is 14.7 Å². The van der Waals surface area contributed by atoms with E-state index in [0.29, 0.717) is 26.0 Å². The third-order valence-electron chi connectivity index (χ3n) is 3.13. The molecule has 16 heavy (non-hydrogen) atoms. The summed E-state index contributed by atoms with van der Waals surface area (Å²) in [6, 6.07) is 0. The van der Waals surface area contributed by atoms with Crippen molar-refractivity contribution in [1.29, 1.82) is 0 Å². The summed E-state index contributed by atoms with van der Waals surface area (Å²) >= 11 is 0. The molecule has 5 heteroatoms. The van der Waals surface area contributed by atoms with Crippen molar-refractivity contribution in [2.24, 2.45) is 0 Å². The van der Waals surface area contributed by atoms with Gasteiger partial charge in [0.15, 0.2) is 0 Å². The summed E-state index contributed by atoms with van der Waals surface area (Å²) in [6.45, 7) is 5.28. The highest BCUT2D eigenvalue weighted by Crippen LogP contribution is 2.38. The van der Waals surface area contributed by atoms with E-state index in [0.717, 1.165) is 12.8 Å². The van der Waals surface area contributed by atoms with Crippen molar-refractivity contribution in [3.8, 4) is 0 Å². The molecule has 2 aliphatic rings. The summed E-state index contributed by atoms with van der Waals surface area (Å²) in [7, 11) is 0. The Morgan fingerprint density at radius 2 is 2.38 bits per heavy atom. The van der Waals surface area contributed by atoms with Crippen LogP contribution in [-0.2, 0) is 14.3 Å². The van der Waals surface area contributed by atoms with Crippen LogP contribution in [0, 0.1) is 0 Å². The van der Waals surface area contributed by atoms with E-state index in [1.807, 2.05) is 4.90 Å². The Kier molecular flexibility index (Phi) is 4.29. The highest BCUT2D eigenvalue weighted by atomic mass is 16.5. The summed E-state index contributed by atoms with van der Waals surface area (Å²) in [4.78, 5) is 22.2. The molecule has 5 nitrogen and oxygen atoms in total. The third kappa shape index (κ3) is 2.72. The lowest BCUT2D eigenvalue weighted by Gasteiger charge is -2.26. The molecule has 0 aromatic carbocycles. The second-order valence-electron chi connectivity index (χ2n) is 4.41. The van der Waals surface area contributed by atoms with Crippen LogP contribution in [0.4, 0.5) is 0 Å². The molecular weight excluding hydrogens is 210 g/mol. The van der Waals surface area contributed by atoms with Gasteiger partial charge in [0.25, 0.3) is 6.47 Å². The van der Waals surface area contributed by atoms with E-state index in [-0.39, 0.29) is 17.6 Å². The first-order chi connectivity index (χ1) is 7.53. The molecule has 0 spiro atoms. The van der Waals surface area contributed by atoms with Crippen molar-refractivity contribution in [3.63, 3.8) is 0 Å². The maximum atomic E-state index is 11.2. The number of carbonyl (C=O) groups is 2. The Morgan fingerprint density at radius 1 is 1.69 bits per heavy atom. The summed E-state index contributed by atoms with van der Waals surface area (Å²) < 4.78 is 4.15. The van der Waals surface area contributed by atoms with Crippen LogP contribution >= 0.6 is 0 Å². The van der Waals surface area contributed by atoms with Gasteiger partial charge in [-0.05, 0) is 26.7 Å². The Bertz CT molecular complexity index is 269. The van der Waals surface area contributed by atoms with Crippen molar-refractivity contribution in [3.05, 3.63) is 0 Å². The Hall–Kier alpha value is -1.10. The van der Waals surface area contributed by atoms with E-state index in [1.54, 1.807) is 6.92 Å². The van der Waals surface area contributed by atoms with Crippen LogP contribution in [-0.4, -0.2) is 47.2 Å². The van der Waals surface area contributed by atoms with E-state index in [1.165, 1.54) is 0 Å². The standard InChI is InChI=1S/C8H13NO2.C3H6O2/c1-8-3-2-7(11)9(8)5-6(10)4-8;1-2-5-3-4/h6,10H,2-5H2,1H3;3H,2H2,1H3. The Morgan fingerprint density at radius 3 is 2.81 bits per heavy atom. The lowest BCUT2D eigenvalue weighted by atomic mass is 9.96. The smallest absolute Gasteiger partial charge is 0.293 e. The van der Waals surface area contributed by atoms with Crippen molar-refractivity contribution in [2.75, 3.05) is 13.2 Å². The number of β-amino-alcohol motifs (C(OH)–C–C–N with tert-alkyl or cyclic N) is 1. The van der Waals surface area contributed by atoms with E-state index in [2.05, 4.69) is 11.7 Å². The molecule has 0 aliphatic carbocycles. The number of ether oxygens (including phenoxy) is 1. The molecule has 2 saturated heterocycles. The van der Waals surface area contributed by atoms with E-state index in [4.69, 9.17) is 0 Å². The highest BCUT2D eigenvalue weighted by molar-refractivity contribution is 5.80. The molecule has 2 unspecified atom stereocenters. The molecule has 2 aliphatic heterocycles. The zero-order valence-electron chi connectivity index (χ0n) is 9.81. The van der Waals surface area contributed by atoms with Crippen LogP contribution in [0.25, 0.3) is 0 Å².